The quantitative estimate of drug-likeness (QED) is 0.185. The Labute approximate surface area is 229 Å². The lowest BCUT2D eigenvalue weighted by atomic mass is 9.93. The lowest BCUT2D eigenvalue weighted by molar-refractivity contribution is -0.132. The Kier molecular flexibility index (Phi) is 7.91. The molecule has 39 heavy (non-hydrogen) atoms. The van der Waals surface area contributed by atoms with Crippen molar-refractivity contribution in [2.75, 3.05) is 32.8 Å². The maximum Gasteiger partial charge on any atom is 0.350 e. The minimum absolute atomic E-state index is 0.110. The second kappa shape index (κ2) is 11.2. The van der Waals surface area contributed by atoms with Crippen molar-refractivity contribution in [1.82, 2.24) is 4.98 Å². The molecule has 1 aliphatic rings. The van der Waals surface area contributed by atoms with Crippen LogP contribution in [0.15, 0.2) is 42.0 Å². The first kappa shape index (κ1) is 27.6. The number of hydrogen-bond acceptors (Lipinski definition) is 10. The molecule has 1 N–H and O–H groups in total. The Bertz CT molecular complexity index is 1490. The molecule has 0 unspecified atom stereocenters. The van der Waals surface area contributed by atoms with Crippen molar-refractivity contribution in [1.29, 1.82) is 0 Å². The van der Waals surface area contributed by atoms with Gasteiger partial charge in [0.15, 0.2) is 16.6 Å². The molecule has 1 amide bonds. The first-order chi connectivity index (χ1) is 18.7. The van der Waals surface area contributed by atoms with Gasteiger partial charge in [0.1, 0.15) is 16.4 Å². The third kappa shape index (κ3) is 4.92. The zero-order valence-corrected chi connectivity index (χ0v) is 23.2. The summed E-state index contributed by atoms with van der Waals surface area (Å²) in [5.41, 5.74) is 1.68. The molecule has 1 saturated heterocycles. The summed E-state index contributed by atoms with van der Waals surface area (Å²) in [4.78, 5) is 45.1. The van der Waals surface area contributed by atoms with E-state index in [1.807, 2.05) is 6.92 Å². The molecule has 1 aromatic heterocycles. The summed E-state index contributed by atoms with van der Waals surface area (Å²) in [6.45, 7) is 5.61. The first-order valence-electron chi connectivity index (χ1n) is 12.0. The largest absolute Gasteiger partial charge is 0.507 e. The predicted octanol–water partition coefficient (Wildman–Crippen LogP) is 4.59. The lowest BCUT2D eigenvalue weighted by Gasteiger charge is -2.24. The number of ketones is 1. The Morgan fingerprint density at radius 1 is 1.05 bits per heavy atom. The number of aryl methyl sites for hydroxylation is 2. The smallest absolute Gasteiger partial charge is 0.350 e. The van der Waals surface area contributed by atoms with E-state index in [0.29, 0.717) is 46.2 Å². The molecule has 4 rings (SSSR count). The van der Waals surface area contributed by atoms with Crippen molar-refractivity contribution in [2.45, 2.75) is 26.8 Å². The minimum atomic E-state index is -1.08. The fourth-order valence-corrected chi connectivity index (χ4v) is 5.43. The minimum Gasteiger partial charge on any atom is -0.507 e. The Balaban J connectivity index is 1.97. The molecule has 1 aliphatic heterocycles. The Morgan fingerprint density at radius 2 is 1.79 bits per heavy atom. The molecule has 3 aromatic rings. The fraction of sp³-hybridized carbons (Fsp3) is 0.286. The van der Waals surface area contributed by atoms with E-state index in [9.17, 15) is 19.5 Å². The fourth-order valence-electron chi connectivity index (χ4n) is 4.42. The number of anilines is 1. The van der Waals surface area contributed by atoms with Gasteiger partial charge in [0, 0.05) is 5.56 Å². The van der Waals surface area contributed by atoms with Crippen LogP contribution in [0.3, 0.4) is 0 Å². The Morgan fingerprint density at radius 3 is 2.41 bits per heavy atom. The number of carbonyl (C=O) groups is 3. The standard InChI is InChI=1S/C28H28N2O8S/c1-7-38-19-11-8-16(13-20(19)36-5)22-21(23(31)18-10-9-17(35-4)12-14(18)2)24(32)26(33)30(22)28-29-15(3)25(39-28)27(34)37-6/h8-13,22,31H,7H2,1-6H3/t22-/m0/s1. The first-order valence-corrected chi connectivity index (χ1v) is 12.8. The number of aliphatic hydroxyl groups is 1. The summed E-state index contributed by atoms with van der Waals surface area (Å²) in [6.07, 6.45) is 0. The van der Waals surface area contributed by atoms with Gasteiger partial charge in [-0.2, -0.15) is 0 Å². The van der Waals surface area contributed by atoms with E-state index in [1.54, 1.807) is 50.2 Å². The van der Waals surface area contributed by atoms with E-state index in [0.717, 1.165) is 11.3 Å². The number of benzene rings is 2. The van der Waals surface area contributed by atoms with Gasteiger partial charge in [-0.05, 0) is 62.2 Å². The molecule has 2 heterocycles. The summed E-state index contributed by atoms with van der Waals surface area (Å²) in [5, 5.41) is 11.6. The zero-order chi connectivity index (χ0) is 28.4. The van der Waals surface area contributed by atoms with Crippen LogP contribution in [0.1, 0.15) is 45.0 Å². The van der Waals surface area contributed by atoms with Crippen LogP contribution in [-0.4, -0.2) is 55.7 Å². The maximum atomic E-state index is 13.5. The highest BCUT2D eigenvalue weighted by molar-refractivity contribution is 7.17. The average Bonchev–Trinajstić information content (AvgIpc) is 3.44. The SMILES string of the molecule is CCOc1ccc([C@H]2C(=C(O)c3ccc(OC)cc3C)C(=O)C(=O)N2c2nc(C)c(C(=O)OC)s2)cc1OC. The van der Waals surface area contributed by atoms with Crippen molar-refractivity contribution >= 4 is 39.9 Å². The Hall–Kier alpha value is -4.38. The van der Waals surface area contributed by atoms with Gasteiger partial charge in [-0.15, -0.1) is 0 Å². The number of esters is 1. The van der Waals surface area contributed by atoms with Gasteiger partial charge in [0.2, 0.25) is 0 Å². The van der Waals surface area contributed by atoms with Crippen LogP contribution in [0.5, 0.6) is 17.2 Å². The topological polar surface area (TPSA) is 124 Å². The number of Topliss-reactive ketones (excluding diaryl/α,β-unsaturated/α-hetero) is 1. The number of rotatable bonds is 8. The number of aliphatic hydroxyl groups excluding tert-OH is 1. The van der Waals surface area contributed by atoms with Gasteiger partial charge in [0.25, 0.3) is 5.78 Å². The molecule has 2 aromatic carbocycles. The number of thiazole rings is 1. The molecule has 0 bridgehead atoms. The molecular formula is C28H28N2O8S. The highest BCUT2D eigenvalue weighted by atomic mass is 32.1. The van der Waals surface area contributed by atoms with Crippen LogP contribution < -0.4 is 19.1 Å². The molecule has 11 heteroatoms. The highest BCUT2D eigenvalue weighted by Crippen LogP contribution is 2.46. The number of amides is 1. The van der Waals surface area contributed by atoms with Gasteiger partial charge < -0.3 is 24.1 Å². The second-order valence-electron chi connectivity index (χ2n) is 8.60. The van der Waals surface area contributed by atoms with Gasteiger partial charge in [-0.1, -0.05) is 17.4 Å². The van der Waals surface area contributed by atoms with E-state index in [1.165, 1.54) is 26.2 Å². The van der Waals surface area contributed by atoms with Crippen LogP contribution in [-0.2, 0) is 14.3 Å². The molecule has 0 saturated carbocycles. The number of methoxy groups -OCH3 is 3. The van der Waals surface area contributed by atoms with Crippen LogP contribution >= 0.6 is 11.3 Å². The molecule has 1 fully saturated rings. The summed E-state index contributed by atoms with van der Waals surface area (Å²) < 4.78 is 21.2. The number of carbonyl (C=O) groups excluding carboxylic acids is 3. The molecular weight excluding hydrogens is 524 g/mol. The molecule has 10 nitrogen and oxygen atoms in total. The van der Waals surface area contributed by atoms with Gasteiger partial charge in [0.05, 0.1) is 45.2 Å². The van der Waals surface area contributed by atoms with E-state index in [2.05, 4.69) is 4.98 Å². The van der Waals surface area contributed by atoms with Gasteiger partial charge in [-0.25, -0.2) is 9.78 Å². The van der Waals surface area contributed by atoms with E-state index >= 15 is 0 Å². The average molecular weight is 553 g/mol. The maximum absolute atomic E-state index is 13.5. The monoisotopic (exact) mass is 552 g/mol. The summed E-state index contributed by atoms with van der Waals surface area (Å²) in [7, 11) is 4.25. The number of hydrogen-bond donors (Lipinski definition) is 1. The van der Waals surface area contributed by atoms with Gasteiger partial charge in [-0.3, -0.25) is 14.5 Å². The summed E-state index contributed by atoms with van der Waals surface area (Å²) >= 11 is 0.923. The van der Waals surface area contributed by atoms with E-state index in [-0.39, 0.29) is 21.3 Å². The van der Waals surface area contributed by atoms with Crippen LogP contribution in [0.2, 0.25) is 0 Å². The van der Waals surface area contributed by atoms with Crippen molar-refractivity contribution < 1.29 is 38.4 Å². The van der Waals surface area contributed by atoms with Crippen molar-refractivity contribution in [3.63, 3.8) is 0 Å². The number of aromatic nitrogens is 1. The van der Waals surface area contributed by atoms with Gasteiger partial charge >= 0.3 is 11.9 Å². The predicted molar refractivity (Wildman–Crippen MR) is 145 cm³/mol. The van der Waals surface area contributed by atoms with Crippen molar-refractivity contribution in [3.8, 4) is 17.2 Å². The van der Waals surface area contributed by atoms with Crippen molar-refractivity contribution in [3.05, 3.63) is 69.2 Å². The van der Waals surface area contributed by atoms with Crippen LogP contribution in [0, 0.1) is 13.8 Å². The number of nitrogens with zero attached hydrogens (tertiary/aromatic N) is 2. The third-order valence-corrected chi connectivity index (χ3v) is 7.44. The second-order valence-corrected chi connectivity index (χ2v) is 9.57. The van der Waals surface area contributed by atoms with Crippen LogP contribution in [0.4, 0.5) is 5.13 Å². The number of ether oxygens (including phenoxy) is 4. The zero-order valence-electron chi connectivity index (χ0n) is 22.4. The molecule has 0 spiro atoms. The highest BCUT2D eigenvalue weighted by Gasteiger charge is 2.48. The molecule has 0 aliphatic carbocycles. The summed E-state index contributed by atoms with van der Waals surface area (Å²) in [6, 6.07) is 8.91. The molecule has 0 radical (unpaired) electrons. The van der Waals surface area contributed by atoms with Crippen LogP contribution in [0.25, 0.3) is 5.76 Å². The van der Waals surface area contributed by atoms with Crippen molar-refractivity contribution in [2.24, 2.45) is 0 Å². The van der Waals surface area contributed by atoms with E-state index < -0.39 is 23.7 Å². The molecule has 204 valence electrons. The molecule has 1 atom stereocenters. The third-order valence-electron chi connectivity index (χ3n) is 6.30. The lowest BCUT2D eigenvalue weighted by Crippen LogP contribution is -2.29. The normalized spacial score (nSPS) is 16.4. The van der Waals surface area contributed by atoms with E-state index in [4.69, 9.17) is 18.9 Å². The summed E-state index contributed by atoms with van der Waals surface area (Å²) in [5.74, 6) is -1.32.